The van der Waals surface area contributed by atoms with E-state index in [1.165, 1.54) is 12.1 Å². The first-order valence-corrected chi connectivity index (χ1v) is 9.13. The van der Waals surface area contributed by atoms with Crippen molar-refractivity contribution < 1.29 is 14.0 Å². The molecule has 0 aliphatic rings. The number of halogens is 1. The summed E-state index contributed by atoms with van der Waals surface area (Å²) in [4.78, 5) is 29.5. The van der Waals surface area contributed by atoms with Gasteiger partial charge < -0.3 is 9.72 Å². The Kier molecular flexibility index (Phi) is 4.91. The Morgan fingerprint density at radius 2 is 1.76 bits per heavy atom. The van der Waals surface area contributed by atoms with Crippen LogP contribution in [0.15, 0.2) is 73.2 Å². The molecule has 0 atom stereocenters. The van der Waals surface area contributed by atoms with Crippen LogP contribution in [0.2, 0.25) is 0 Å². The number of aromatic nitrogens is 2. The van der Waals surface area contributed by atoms with E-state index in [1.54, 1.807) is 36.7 Å². The van der Waals surface area contributed by atoms with Crippen molar-refractivity contribution in [3.8, 4) is 0 Å². The van der Waals surface area contributed by atoms with Crippen LogP contribution < -0.4 is 5.32 Å². The fourth-order valence-corrected chi connectivity index (χ4v) is 3.44. The minimum Gasteiger partial charge on any atom is -0.320 e. The zero-order valence-corrected chi connectivity index (χ0v) is 15.7. The predicted molar refractivity (Wildman–Crippen MR) is 109 cm³/mol. The Balaban J connectivity index is 1.72. The highest BCUT2D eigenvalue weighted by Gasteiger charge is 2.25. The molecule has 0 bridgehead atoms. The number of hydrogen-bond acceptors (Lipinski definition) is 3. The fourth-order valence-electron chi connectivity index (χ4n) is 3.44. The number of ketones is 1. The molecule has 0 aliphatic heterocycles. The quantitative estimate of drug-likeness (QED) is 0.412. The molecule has 0 saturated heterocycles. The van der Waals surface area contributed by atoms with Gasteiger partial charge in [0.25, 0.3) is 11.7 Å². The summed E-state index contributed by atoms with van der Waals surface area (Å²) in [6.45, 7) is 1.83. The molecule has 6 heteroatoms. The van der Waals surface area contributed by atoms with Crippen LogP contribution in [0.25, 0.3) is 5.52 Å². The lowest BCUT2D eigenvalue weighted by atomic mass is 10.0. The molecule has 4 rings (SSSR count). The number of nitrogens with one attached hydrogen (secondary N) is 1. The highest BCUT2D eigenvalue weighted by Crippen LogP contribution is 2.26. The standard InChI is InChI=1S/C23H18FN3O2/c1-15-20(14-16-5-7-17(24)8-6-16)27-13-3-2-4-19(27)21(15)22(28)23(29)26-18-9-11-25-12-10-18/h2-13H,14H2,1H3,(H,25,26,29). The molecule has 144 valence electrons. The first kappa shape index (κ1) is 18.6. The molecule has 0 spiro atoms. The maximum Gasteiger partial charge on any atom is 0.296 e. The number of hydrogen-bond donors (Lipinski definition) is 1. The van der Waals surface area contributed by atoms with E-state index in [1.807, 2.05) is 35.7 Å². The molecular formula is C23H18FN3O2. The van der Waals surface area contributed by atoms with Gasteiger partial charge in [-0.1, -0.05) is 18.2 Å². The molecule has 5 nitrogen and oxygen atoms in total. The number of carbonyl (C=O) groups excluding carboxylic acids is 2. The molecule has 3 heterocycles. The largest absolute Gasteiger partial charge is 0.320 e. The van der Waals surface area contributed by atoms with E-state index in [0.29, 0.717) is 23.2 Å². The smallest absolute Gasteiger partial charge is 0.296 e. The van der Waals surface area contributed by atoms with Gasteiger partial charge >= 0.3 is 0 Å². The Morgan fingerprint density at radius 3 is 2.48 bits per heavy atom. The second-order valence-electron chi connectivity index (χ2n) is 6.72. The SMILES string of the molecule is Cc1c(C(=O)C(=O)Nc2ccncc2)c2ccccn2c1Cc1ccc(F)cc1. The summed E-state index contributed by atoms with van der Waals surface area (Å²) in [7, 11) is 0. The summed E-state index contributed by atoms with van der Waals surface area (Å²) >= 11 is 0. The summed E-state index contributed by atoms with van der Waals surface area (Å²) in [5.41, 5.74) is 4.07. The molecule has 0 unspecified atom stereocenters. The topological polar surface area (TPSA) is 63.5 Å². The van der Waals surface area contributed by atoms with Crippen molar-refractivity contribution in [3.05, 3.63) is 101 Å². The molecule has 1 aromatic carbocycles. The second-order valence-corrected chi connectivity index (χ2v) is 6.72. The number of amides is 1. The van der Waals surface area contributed by atoms with E-state index in [-0.39, 0.29) is 5.82 Å². The van der Waals surface area contributed by atoms with Gasteiger partial charge in [0.05, 0.1) is 11.1 Å². The Labute approximate surface area is 166 Å². The molecule has 0 radical (unpaired) electrons. The van der Waals surface area contributed by atoms with Crippen molar-refractivity contribution in [1.29, 1.82) is 0 Å². The van der Waals surface area contributed by atoms with Crippen molar-refractivity contribution in [2.24, 2.45) is 0 Å². The lowest BCUT2D eigenvalue weighted by molar-refractivity contribution is -0.112. The lowest BCUT2D eigenvalue weighted by Crippen LogP contribution is -2.23. The van der Waals surface area contributed by atoms with Crippen molar-refractivity contribution in [1.82, 2.24) is 9.38 Å². The van der Waals surface area contributed by atoms with E-state index in [9.17, 15) is 14.0 Å². The van der Waals surface area contributed by atoms with Crippen molar-refractivity contribution >= 4 is 22.9 Å². The summed E-state index contributed by atoms with van der Waals surface area (Å²) in [6, 6.07) is 15.0. The molecule has 1 N–H and O–H groups in total. The fraction of sp³-hybridized carbons (Fsp3) is 0.0870. The van der Waals surface area contributed by atoms with Crippen LogP contribution in [0.3, 0.4) is 0 Å². The van der Waals surface area contributed by atoms with Gasteiger partial charge in [0.2, 0.25) is 0 Å². The number of benzene rings is 1. The van der Waals surface area contributed by atoms with Gasteiger partial charge in [0.15, 0.2) is 0 Å². The van der Waals surface area contributed by atoms with E-state index >= 15 is 0 Å². The van der Waals surface area contributed by atoms with Crippen LogP contribution in [0, 0.1) is 12.7 Å². The van der Waals surface area contributed by atoms with Crippen molar-refractivity contribution in [2.75, 3.05) is 5.32 Å². The van der Waals surface area contributed by atoms with Gasteiger partial charge in [0, 0.05) is 36.4 Å². The average Bonchev–Trinajstić information content (AvgIpc) is 3.01. The number of nitrogens with zero attached hydrogens (tertiary/aromatic N) is 2. The monoisotopic (exact) mass is 387 g/mol. The molecular weight excluding hydrogens is 369 g/mol. The number of pyridine rings is 2. The van der Waals surface area contributed by atoms with Crippen LogP contribution in [0.5, 0.6) is 0 Å². The number of Topliss-reactive ketones (excluding diaryl/α,β-unsaturated/α-hetero) is 1. The molecule has 1 amide bonds. The van der Waals surface area contributed by atoms with Crippen LogP contribution in [-0.4, -0.2) is 21.1 Å². The normalized spacial score (nSPS) is 10.8. The molecule has 0 saturated carbocycles. The van der Waals surface area contributed by atoms with Crippen molar-refractivity contribution in [3.63, 3.8) is 0 Å². The van der Waals surface area contributed by atoms with Crippen LogP contribution >= 0.6 is 0 Å². The Bertz CT molecular complexity index is 1200. The minimum absolute atomic E-state index is 0.297. The zero-order chi connectivity index (χ0) is 20.4. The first-order valence-electron chi connectivity index (χ1n) is 9.13. The maximum absolute atomic E-state index is 13.2. The highest BCUT2D eigenvalue weighted by molar-refractivity contribution is 6.48. The van der Waals surface area contributed by atoms with Gasteiger partial charge in [-0.15, -0.1) is 0 Å². The van der Waals surface area contributed by atoms with E-state index in [2.05, 4.69) is 10.3 Å². The Hall–Kier alpha value is -3.80. The maximum atomic E-state index is 13.2. The second kappa shape index (κ2) is 7.67. The third kappa shape index (κ3) is 3.65. The van der Waals surface area contributed by atoms with E-state index < -0.39 is 11.7 Å². The number of rotatable bonds is 5. The molecule has 0 aliphatic carbocycles. The first-order chi connectivity index (χ1) is 14.0. The van der Waals surface area contributed by atoms with Crippen LogP contribution in [0.1, 0.15) is 27.2 Å². The number of anilines is 1. The average molecular weight is 387 g/mol. The molecule has 29 heavy (non-hydrogen) atoms. The minimum atomic E-state index is -0.705. The van der Waals surface area contributed by atoms with Gasteiger partial charge in [-0.25, -0.2) is 4.39 Å². The van der Waals surface area contributed by atoms with Gasteiger partial charge in [-0.3, -0.25) is 14.6 Å². The molecule has 3 aromatic heterocycles. The summed E-state index contributed by atoms with van der Waals surface area (Å²) in [5, 5.41) is 2.62. The van der Waals surface area contributed by atoms with Gasteiger partial charge in [-0.2, -0.15) is 0 Å². The predicted octanol–water partition coefficient (Wildman–Crippen LogP) is 4.19. The lowest BCUT2D eigenvalue weighted by Gasteiger charge is -2.05. The molecule has 0 fully saturated rings. The van der Waals surface area contributed by atoms with Crippen molar-refractivity contribution in [2.45, 2.75) is 13.3 Å². The van der Waals surface area contributed by atoms with Crippen LogP contribution in [0.4, 0.5) is 10.1 Å². The summed E-state index contributed by atoms with van der Waals surface area (Å²) in [6.07, 6.45) is 5.45. The summed E-state index contributed by atoms with van der Waals surface area (Å²) in [5.74, 6) is -1.61. The third-order valence-electron chi connectivity index (χ3n) is 4.87. The Morgan fingerprint density at radius 1 is 1.03 bits per heavy atom. The molecule has 4 aromatic rings. The van der Waals surface area contributed by atoms with Crippen LogP contribution in [-0.2, 0) is 11.2 Å². The van der Waals surface area contributed by atoms with Gasteiger partial charge in [-0.05, 0) is 54.4 Å². The number of carbonyl (C=O) groups is 2. The zero-order valence-electron chi connectivity index (χ0n) is 15.7. The van der Waals surface area contributed by atoms with Gasteiger partial charge in [0.1, 0.15) is 5.82 Å². The van der Waals surface area contributed by atoms with E-state index in [4.69, 9.17) is 0 Å². The summed E-state index contributed by atoms with van der Waals surface area (Å²) < 4.78 is 15.1. The van der Waals surface area contributed by atoms with E-state index in [0.717, 1.165) is 16.8 Å². The number of fused-ring (bicyclic) bond motifs is 1. The third-order valence-corrected chi connectivity index (χ3v) is 4.87. The highest BCUT2D eigenvalue weighted by atomic mass is 19.1.